The minimum atomic E-state index is -0.0630. The molecule has 1 amide bonds. The molecule has 0 atom stereocenters. The van der Waals surface area contributed by atoms with Gasteiger partial charge in [0.1, 0.15) is 12.1 Å². The van der Waals surface area contributed by atoms with Crippen LogP contribution in [0.2, 0.25) is 0 Å². The van der Waals surface area contributed by atoms with Gasteiger partial charge in [-0.1, -0.05) is 50.2 Å². The number of amides is 1. The molecule has 25 heavy (non-hydrogen) atoms. The van der Waals surface area contributed by atoms with Crippen molar-refractivity contribution in [2.75, 3.05) is 10.6 Å². The summed E-state index contributed by atoms with van der Waals surface area (Å²) in [6.07, 6.45) is 1.54. The number of nitrogens with one attached hydrogen (secondary N) is 2. The third-order valence-electron chi connectivity index (χ3n) is 3.66. The predicted octanol–water partition coefficient (Wildman–Crippen LogP) is 4.48. The molecule has 0 radical (unpaired) electrons. The molecular formula is C20H20N4O. The molecule has 1 heterocycles. The maximum absolute atomic E-state index is 11.8. The van der Waals surface area contributed by atoms with Gasteiger partial charge in [0.2, 0.25) is 5.91 Å². The van der Waals surface area contributed by atoms with E-state index in [1.807, 2.05) is 74.5 Å². The smallest absolute Gasteiger partial charge is 0.226 e. The van der Waals surface area contributed by atoms with Crippen molar-refractivity contribution in [2.24, 2.45) is 5.92 Å². The topological polar surface area (TPSA) is 66.9 Å². The Hall–Kier alpha value is -3.21. The Morgan fingerprint density at radius 1 is 0.920 bits per heavy atom. The number of anilines is 3. The first-order chi connectivity index (χ1) is 12.1. The second-order valence-electron chi connectivity index (χ2n) is 6.00. The highest BCUT2D eigenvalue weighted by atomic mass is 16.1. The van der Waals surface area contributed by atoms with E-state index in [9.17, 15) is 4.79 Å². The van der Waals surface area contributed by atoms with E-state index in [1.54, 1.807) is 0 Å². The number of hydrogen-bond acceptors (Lipinski definition) is 4. The molecule has 5 nitrogen and oxygen atoms in total. The lowest BCUT2D eigenvalue weighted by Gasteiger charge is -2.11. The van der Waals surface area contributed by atoms with Crippen LogP contribution in [0.25, 0.3) is 11.3 Å². The molecule has 3 aromatic rings. The molecule has 0 bridgehead atoms. The van der Waals surface area contributed by atoms with Crippen LogP contribution in [0.1, 0.15) is 13.8 Å². The molecule has 0 aliphatic rings. The van der Waals surface area contributed by atoms with Gasteiger partial charge in [-0.15, -0.1) is 0 Å². The van der Waals surface area contributed by atoms with E-state index in [0.29, 0.717) is 5.82 Å². The van der Waals surface area contributed by atoms with Crippen LogP contribution in [0.4, 0.5) is 17.2 Å². The molecule has 3 rings (SSSR count). The summed E-state index contributed by atoms with van der Waals surface area (Å²) < 4.78 is 0. The molecule has 0 saturated carbocycles. The lowest BCUT2D eigenvalue weighted by Crippen LogP contribution is -2.17. The molecule has 0 fully saturated rings. The summed E-state index contributed by atoms with van der Waals surface area (Å²) in [6, 6.07) is 19.4. The van der Waals surface area contributed by atoms with Crippen molar-refractivity contribution in [1.82, 2.24) is 9.97 Å². The normalized spacial score (nSPS) is 10.5. The summed E-state index contributed by atoms with van der Waals surface area (Å²) in [5.74, 6) is 0.624. The van der Waals surface area contributed by atoms with Crippen LogP contribution in [0.5, 0.6) is 0 Å². The van der Waals surface area contributed by atoms with Crippen molar-refractivity contribution in [3.63, 3.8) is 0 Å². The van der Waals surface area contributed by atoms with Crippen molar-refractivity contribution in [3.05, 3.63) is 67.0 Å². The first-order valence-electron chi connectivity index (χ1n) is 8.17. The fraction of sp³-hybridized carbons (Fsp3) is 0.150. The molecule has 0 spiro atoms. The second kappa shape index (κ2) is 7.57. The molecule has 126 valence electrons. The van der Waals surface area contributed by atoms with E-state index in [0.717, 1.165) is 22.6 Å². The average molecular weight is 332 g/mol. The Balaban J connectivity index is 1.78. The Morgan fingerprint density at radius 2 is 1.68 bits per heavy atom. The number of nitrogens with zero attached hydrogens (tertiary/aromatic N) is 2. The van der Waals surface area contributed by atoms with Gasteiger partial charge in [0.25, 0.3) is 0 Å². The van der Waals surface area contributed by atoms with Gasteiger partial charge in [0, 0.05) is 28.9 Å². The van der Waals surface area contributed by atoms with E-state index < -0.39 is 0 Å². The molecule has 0 aliphatic carbocycles. The summed E-state index contributed by atoms with van der Waals surface area (Å²) in [7, 11) is 0. The summed E-state index contributed by atoms with van der Waals surface area (Å²) in [5.41, 5.74) is 3.48. The maximum atomic E-state index is 11.8. The van der Waals surface area contributed by atoms with Crippen LogP contribution in [-0.4, -0.2) is 15.9 Å². The average Bonchev–Trinajstić information content (AvgIpc) is 2.63. The quantitative estimate of drug-likeness (QED) is 0.723. The van der Waals surface area contributed by atoms with Crippen molar-refractivity contribution in [1.29, 1.82) is 0 Å². The monoisotopic (exact) mass is 332 g/mol. The Morgan fingerprint density at radius 3 is 2.44 bits per heavy atom. The van der Waals surface area contributed by atoms with Crippen LogP contribution in [-0.2, 0) is 4.79 Å². The zero-order valence-electron chi connectivity index (χ0n) is 14.2. The second-order valence-corrected chi connectivity index (χ2v) is 6.00. The number of benzene rings is 2. The Labute approximate surface area is 147 Å². The van der Waals surface area contributed by atoms with Gasteiger partial charge >= 0.3 is 0 Å². The zero-order valence-corrected chi connectivity index (χ0v) is 14.2. The van der Waals surface area contributed by atoms with Crippen LogP contribution >= 0.6 is 0 Å². The SMILES string of the molecule is CC(C)C(=O)Nc1cccc(Nc2cc(-c3ccccc3)ncn2)c1. The van der Waals surface area contributed by atoms with Gasteiger partial charge in [-0.3, -0.25) is 4.79 Å². The Bertz CT molecular complexity index is 862. The van der Waals surface area contributed by atoms with E-state index >= 15 is 0 Å². The molecule has 0 saturated heterocycles. The number of carbonyl (C=O) groups excluding carboxylic acids is 1. The van der Waals surface area contributed by atoms with Crippen LogP contribution in [0, 0.1) is 5.92 Å². The molecular weight excluding hydrogens is 312 g/mol. The third-order valence-corrected chi connectivity index (χ3v) is 3.66. The third kappa shape index (κ3) is 4.41. The van der Waals surface area contributed by atoms with E-state index in [-0.39, 0.29) is 11.8 Å². The van der Waals surface area contributed by atoms with E-state index in [1.165, 1.54) is 6.33 Å². The largest absolute Gasteiger partial charge is 0.340 e. The fourth-order valence-electron chi connectivity index (χ4n) is 2.30. The Kier molecular flexibility index (Phi) is 5.04. The first kappa shape index (κ1) is 16.6. The van der Waals surface area contributed by atoms with E-state index in [2.05, 4.69) is 20.6 Å². The van der Waals surface area contributed by atoms with Gasteiger partial charge in [0.15, 0.2) is 0 Å². The minimum Gasteiger partial charge on any atom is -0.340 e. The minimum absolute atomic E-state index is 0.00875. The summed E-state index contributed by atoms with van der Waals surface area (Å²) in [6.45, 7) is 3.73. The molecule has 2 aromatic carbocycles. The van der Waals surface area contributed by atoms with Crippen LogP contribution in [0.3, 0.4) is 0 Å². The highest BCUT2D eigenvalue weighted by molar-refractivity contribution is 5.92. The van der Waals surface area contributed by atoms with Crippen molar-refractivity contribution in [3.8, 4) is 11.3 Å². The van der Waals surface area contributed by atoms with Gasteiger partial charge < -0.3 is 10.6 Å². The lowest BCUT2D eigenvalue weighted by atomic mass is 10.1. The number of carbonyl (C=O) groups is 1. The molecule has 0 aliphatic heterocycles. The van der Waals surface area contributed by atoms with Crippen molar-refractivity contribution in [2.45, 2.75) is 13.8 Å². The van der Waals surface area contributed by atoms with Gasteiger partial charge in [-0.2, -0.15) is 0 Å². The lowest BCUT2D eigenvalue weighted by molar-refractivity contribution is -0.118. The van der Waals surface area contributed by atoms with Crippen molar-refractivity contribution >= 4 is 23.1 Å². The molecule has 0 unspecified atom stereocenters. The molecule has 5 heteroatoms. The highest BCUT2D eigenvalue weighted by Crippen LogP contribution is 2.22. The maximum Gasteiger partial charge on any atom is 0.226 e. The fourth-order valence-corrected chi connectivity index (χ4v) is 2.30. The summed E-state index contributed by atoms with van der Waals surface area (Å²) >= 11 is 0. The predicted molar refractivity (Wildman–Crippen MR) is 101 cm³/mol. The van der Waals surface area contributed by atoms with Gasteiger partial charge in [-0.25, -0.2) is 9.97 Å². The summed E-state index contributed by atoms with van der Waals surface area (Å²) in [5, 5.41) is 6.15. The zero-order chi connectivity index (χ0) is 17.6. The van der Waals surface area contributed by atoms with Gasteiger partial charge in [0.05, 0.1) is 5.69 Å². The first-order valence-corrected chi connectivity index (χ1v) is 8.17. The number of hydrogen-bond donors (Lipinski definition) is 2. The number of aromatic nitrogens is 2. The molecule has 2 N–H and O–H groups in total. The molecule has 1 aromatic heterocycles. The highest BCUT2D eigenvalue weighted by Gasteiger charge is 2.08. The van der Waals surface area contributed by atoms with Crippen LogP contribution in [0.15, 0.2) is 67.0 Å². The standard InChI is InChI=1S/C20H20N4O/c1-14(2)20(25)24-17-10-6-9-16(11-17)23-19-12-18(21-13-22-19)15-7-4-3-5-8-15/h3-14H,1-2H3,(H,24,25)(H,21,22,23). The summed E-state index contributed by atoms with van der Waals surface area (Å²) in [4.78, 5) is 20.4. The van der Waals surface area contributed by atoms with Crippen molar-refractivity contribution < 1.29 is 4.79 Å². The van der Waals surface area contributed by atoms with E-state index in [4.69, 9.17) is 0 Å². The van der Waals surface area contributed by atoms with Crippen LogP contribution < -0.4 is 10.6 Å². The van der Waals surface area contributed by atoms with Gasteiger partial charge in [-0.05, 0) is 18.2 Å². The number of rotatable bonds is 5.